The highest BCUT2D eigenvalue weighted by Gasteiger charge is 2.43. The fourth-order valence-electron chi connectivity index (χ4n) is 4.75. The smallest absolute Gasteiger partial charge is 0.276 e. The fourth-order valence-corrected chi connectivity index (χ4v) is 4.75. The lowest BCUT2D eigenvalue weighted by Crippen LogP contribution is -2.30. The zero-order valence-electron chi connectivity index (χ0n) is 17.6. The van der Waals surface area contributed by atoms with E-state index in [1.807, 2.05) is 52.9 Å². The van der Waals surface area contributed by atoms with Crippen LogP contribution >= 0.6 is 0 Å². The molecule has 0 saturated carbocycles. The van der Waals surface area contributed by atoms with E-state index in [1.54, 1.807) is 7.11 Å². The summed E-state index contributed by atoms with van der Waals surface area (Å²) < 4.78 is 7.35. The zero-order valence-corrected chi connectivity index (χ0v) is 17.6. The second kappa shape index (κ2) is 6.77. The minimum atomic E-state index is -0.174. The second-order valence-electron chi connectivity index (χ2n) is 7.97. The minimum absolute atomic E-state index is 0.0267. The predicted molar refractivity (Wildman–Crippen MR) is 120 cm³/mol. The molecule has 1 atom stereocenters. The number of anilines is 1. The number of ether oxygens (including phenoxy) is 1. The van der Waals surface area contributed by atoms with E-state index < -0.39 is 0 Å². The van der Waals surface area contributed by atoms with Gasteiger partial charge < -0.3 is 9.30 Å². The maximum absolute atomic E-state index is 13.8. The van der Waals surface area contributed by atoms with Crippen LogP contribution in [0.5, 0.6) is 5.75 Å². The van der Waals surface area contributed by atoms with E-state index in [1.165, 1.54) is 11.1 Å². The summed E-state index contributed by atoms with van der Waals surface area (Å²) in [5, 5.41) is 1.13. The number of fused-ring (bicyclic) bond motifs is 3. The van der Waals surface area contributed by atoms with Gasteiger partial charge in [0, 0.05) is 29.2 Å². The van der Waals surface area contributed by atoms with Crippen molar-refractivity contribution in [1.29, 1.82) is 0 Å². The molecular formula is C26H24N2O2. The summed E-state index contributed by atoms with van der Waals surface area (Å²) in [7, 11) is 3.63. The van der Waals surface area contributed by atoms with Crippen molar-refractivity contribution >= 4 is 22.5 Å². The zero-order chi connectivity index (χ0) is 21.0. The lowest BCUT2D eigenvalue weighted by atomic mass is 9.93. The van der Waals surface area contributed by atoms with E-state index in [4.69, 9.17) is 4.74 Å². The van der Waals surface area contributed by atoms with Crippen molar-refractivity contribution in [2.24, 2.45) is 7.05 Å². The average molecular weight is 396 g/mol. The van der Waals surface area contributed by atoms with Gasteiger partial charge in [0.25, 0.3) is 5.91 Å². The first-order valence-electron chi connectivity index (χ1n) is 10.1. The molecule has 0 N–H and O–H groups in total. The van der Waals surface area contributed by atoms with Crippen LogP contribution in [-0.2, 0) is 7.05 Å². The van der Waals surface area contributed by atoms with Crippen LogP contribution in [0.1, 0.15) is 38.8 Å². The van der Waals surface area contributed by atoms with Crippen molar-refractivity contribution in [3.63, 3.8) is 0 Å². The quantitative estimate of drug-likeness (QED) is 0.455. The number of benzene rings is 3. The Bertz CT molecular complexity index is 1280. The third-order valence-corrected chi connectivity index (χ3v) is 6.17. The monoisotopic (exact) mass is 396 g/mol. The maximum Gasteiger partial charge on any atom is 0.276 e. The highest BCUT2D eigenvalue weighted by molar-refractivity contribution is 6.15. The van der Waals surface area contributed by atoms with Crippen molar-refractivity contribution in [1.82, 2.24) is 4.57 Å². The Balaban J connectivity index is 1.79. The molecule has 0 fully saturated rings. The summed E-state index contributed by atoms with van der Waals surface area (Å²) in [5.41, 5.74) is 7.35. The van der Waals surface area contributed by atoms with Gasteiger partial charge in [-0.2, -0.15) is 0 Å². The number of aryl methyl sites for hydroxylation is 3. The number of methoxy groups -OCH3 is 1. The van der Waals surface area contributed by atoms with Crippen LogP contribution in [-0.4, -0.2) is 17.6 Å². The number of hydrogen-bond acceptors (Lipinski definition) is 2. The van der Waals surface area contributed by atoms with Crippen LogP contribution in [0.4, 0.5) is 5.69 Å². The van der Waals surface area contributed by atoms with Gasteiger partial charge in [-0.1, -0.05) is 42.0 Å². The first kappa shape index (κ1) is 18.5. The number of carbonyl (C=O) groups excluding carboxylic acids is 1. The molecule has 3 aromatic carbocycles. The first-order valence-corrected chi connectivity index (χ1v) is 10.1. The molecule has 0 bridgehead atoms. The molecule has 1 aromatic heterocycles. The molecular weight excluding hydrogens is 372 g/mol. The predicted octanol–water partition coefficient (Wildman–Crippen LogP) is 5.55. The molecule has 1 amide bonds. The van der Waals surface area contributed by atoms with Crippen molar-refractivity contribution in [3.05, 3.63) is 94.7 Å². The van der Waals surface area contributed by atoms with Crippen LogP contribution in [0.2, 0.25) is 0 Å². The Morgan fingerprint density at radius 1 is 0.933 bits per heavy atom. The lowest BCUT2D eigenvalue weighted by Gasteiger charge is -2.28. The van der Waals surface area contributed by atoms with E-state index in [-0.39, 0.29) is 11.9 Å². The molecule has 0 radical (unpaired) electrons. The normalized spacial score (nSPS) is 15.7. The number of aromatic nitrogens is 1. The maximum atomic E-state index is 13.8. The Kier molecular flexibility index (Phi) is 4.17. The van der Waals surface area contributed by atoms with Crippen LogP contribution in [0.15, 0.2) is 66.7 Å². The number of para-hydroxylation sites is 1. The largest absolute Gasteiger partial charge is 0.497 e. The SMILES string of the molecule is COc1ccc(N2C(=O)c3c(c4ccccc4n3C)[C@H]2c2ccc(C)cc2C)cc1. The number of hydrogen-bond donors (Lipinski definition) is 0. The van der Waals surface area contributed by atoms with E-state index in [9.17, 15) is 4.79 Å². The molecule has 0 spiro atoms. The molecule has 0 unspecified atom stereocenters. The molecule has 4 nitrogen and oxygen atoms in total. The van der Waals surface area contributed by atoms with Crippen LogP contribution in [0, 0.1) is 13.8 Å². The summed E-state index contributed by atoms with van der Waals surface area (Å²) in [4.78, 5) is 15.7. The van der Waals surface area contributed by atoms with Crippen molar-refractivity contribution in [2.45, 2.75) is 19.9 Å². The summed E-state index contributed by atoms with van der Waals surface area (Å²) >= 11 is 0. The molecule has 0 aliphatic carbocycles. The van der Waals surface area contributed by atoms with Crippen molar-refractivity contribution in [3.8, 4) is 5.75 Å². The van der Waals surface area contributed by atoms with Gasteiger partial charge in [0.05, 0.1) is 13.2 Å². The molecule has 4 heteroatoms. The van der Waals surface area contributed by atoms with E-state index in [2.05, 4.69) is 44.2 Å². The third kappa shape index (κ3) is 2.57. The molecule has 0 saturated heterocycles. The minimum Gasteiger partial charge on any atom is -0.497 e. The summed E-state index contributed by atoms with van der Waals surface area (Å²) in [6.45, 7) is 4.23. The van der Waals surface area contributed by atoms with Crippen LogP contribution < -0.4 is 9.64 Å². The molecule has 4 aromatic rings. The Hall–Kier alpha value is -3.53. The van der Waals surface area contributed by atoms with E-state index >= 15 is 0 Å². The van der Waals surface area contributed by atoms with Crippen LogP contribution in [0.3, 0.4) is 0 Å². The van der Waals surface area contributed by atoms with Gasteiger partial charge in [0.1, 0.15) is 11.4 Å². The molecule has 1 aliphatic heterocycles. The molecule has 1 aliphatic rings. The Morgan fingerprint density at radius 3 is 2.37 bits per heavy atom. The number of rotatable bonds is 3. The highest BCUT2D eigenvalue weighted by Crippen LogP contribution is 2.46. The summed E-state index contributed by atoms with van der Waals surface area (Å²) in [6, 6.07) is 22.3. The number of amides is 1. The highest BCUT2D eigenvalue weighted by atomic mass is 16.5. The van der Waals surface area contributed by atoms with Gasteiger partial charge in [0.2, 0.25) is 0 Å². The first-order chi connectivity index (χ1) is 14.5. The molecule has 5 rings (SSSR count). The van der Waals surface area contributed by atoms with E-state index in [0.29, 0.717) is 0 Å². The Labute approximate surface area is 176 Å². The molecule has 150 valence electrons. The van der Waals surface area contributed by atoms with Gasteiger partial charge in [-0.25, -0.2) is 0 Å². The fraction of sp³-hybridized carbons (Fsp3) is 0.192. The van der Waals surface area contributed by atoms with Gasteiger partial charge in [0.15, 0.2) is 0 Å². The Morgan fingerprint density at radius 2 is 1.67 bits per heavy atom. The summed E-state index contributed by atoms with van der Waals surface area (Å²) in [5.74, 6) is 0.801. The molecule has 30 heavy (non-hydrogen) atoms. The van der Waals surface area contributed by atoms with Crippen molar-refractivity contribution < 1.29 is 9.53 Å². The van der Waals surface area contributed by atoms with Gasteiger partial charge in [-0.3, -0.25) is 9.69 Å². The number of carbonyl (C=O) groups is 1. The average Bonchev–Trinajstić information content (AvgIpc) is 3.21. The molecule has 2 heterocycles. The van der Waals surface area contributed by atoms with Gasteiger partial charge >= 0.3 is 0 Å². The number of nitrogens with zero attached hydrogens (tertiary/aromatic N) is 2. The second-order valence-corrected chi connectivity index (χ2v) is 7.97. The lowest BCUT2D eigenvalue weighted by molar-refractivity contribution is 0.0986. The van der Waals surface area contributed by atoms with Gasteiger partial charge in [-0.05, 0) is 55.3 Å². The van der Waals surface area contributed by atoms with Crippen LogP contribution in [0.25, 0.3) is 10.9 Å². The van der Waals surface area contributed by atoms with E-state index in [0.717, 1.165) is 39.2 Å². The van der Waals surface area contributed by atoms with Crippen molar-refractivity contribution in [2.75, 3.05) is 12.0 Å². The topological polar surface area (TPSA) is 34.5 Å². The van der Waals surface area contributed by atoms with Gasteiger partial charge in [-0.15, -0.1) is 0 Å². The third-order valence-electron chi connectivity index (χ3n) is 6.17. The standard InChI is InChI=1S/C26H24N2O2/c1-16-9-14-20(17(2)15-16)24-23-21-7-5-6-8-22(21)27(3)25(23)26(29)28(24)18-10-12-19(30-4)13-11-18/h5-15,24H,1-4H3/t24-/m1/s1. The summed E-state index contributed by atoms with van der Waals surface area (Å²) in [6.07, 6.45) is 0.